The molecule has 6 heteroatoms. The van der Waals surface area contributed by atoms with Crippen LogP contribution in [-0.4, -0.2) is 49.5 Å². The average molecular weight is 240 g/mol. The van der Waals surface area contributed by atoms with Crippen LogP contribution in [0.2, 0.25) is 0 Å². The number of hydrogen-bond donors (Lipinski definition) is 2. The Labute approximate surface area is 99.6 Å². The van der Waals surface area contributed by atoms with Crippen molar-refractivity contribution in [1.29, 1.82) is 0 Å². The monoisotopic (exact) mass is 240 g/mol. The number of anilines is 1. The maximum atomic E-state index is 10.9. The zero-order valence-electron chi connectivity index (χ0n) is 9.84. The molecule has 0 aliphatic heterocycles. The molecule has 1 aromatic heterocycles. The molecule has 0 radical (unpaired) electrons. The first-order chi connectivity index (χ1) is 8.19. The zero-order chi connectivity index (χ0) is 12.7. The molecule has 0 fully saturated rings. The summed E-state index contributed by atoms with van der Waals surface area (Å²) in [5.41, 5.74) is 0.139. The minimum Gasteiger partial charge on any atom is -0.478 e. The lowest BCUT2D eigenvalue weighted by molar-refractivity contribution is 0.0365. The third-order valence-electron chi connectivity index (χ3n) is 2.22. The lowest BCUT2D eigenvalue weighted by Crippen LogP contribution is -2.27. The largest absolute Gasteiger partial charge is 0.478 e. The van der Waals surface area contributed by atoms with Crippen LogP contribution in [0.5, 0.6) is 0 Å². The van der Waals surface area contributed by atoms with E-state index < -0.39 is 5.97 Å². The maximum absolute atomic E-state index is 10.9. The topological polar surface area (TPSA) is 80.7 Å². The van der Waals surface area contributed by atoms with Gasteiger partial charge in [0.15, 0.2) is 0 Å². The van der Waals surface area contributed by atoms with Gasteiger partial charge in [-0.2, -0.15) is 0 Å². The Balaban J connectivity index is 2.65. The van der Waals surface area contributed by atoms with E-state index in [4.69, 9.17) is 14.6 Å². The molecule has 1 heterocycles. The second kappa shape index (κ2) is 6.82. The van der Waals surface area contributed by atoms with E-state index in [1.54, 1.807) is 20.3 Å². The summed E-state index contributed by atoms with van der Waals surface area (Å²) >= 11 is 0. The number of rotatable bonds is 7. The third kappa shape index (κ3) is 4.01. The van der Waals surface area contributed by atoms with Crippen molar-refractivity contribution in [1.82, 2.24) is 4.98 Å². The number of carbonyl (C=O) groups is 1. The molecular weight excluding hydrogens is 224 g/mol. The van der Waals surface area contributed by atoms with E-state index in [0.29, 0.717) is 19.0 Å². The van der Waals surface area contributed by atoms with Crippen molar-refractivity contribution in [2.75, 3.05) is 32.7 Å². The molecule has 0 saturated heterocycles. The molecule has 0 bridgehead atoms. The highest BCUT2D eigenvalue weighted by atomic mass is 16.5. The van der Waals surface area contributed by atoms with Crippen molar-refractivity contribution in [2.45, 2.75) is 6.10 Å². The number of hydrogen-bond acceptors (Lipinski definition) is 5. The minimum atomic E-state index is -1.01. The number of nitrogens with zero attached hydrogens (tertiary/aromatic N) is 1. The van der Waals surface area contributed by atoms with Crippen molar-refractivity contribution in [3.8, 4) is 0 Å². The summed E-state index contributed by atoms with van der Waals surface area (Å²) in [5.74, 6) is -0.681. The molecule has 94 valence electrons. The molecule has 1 unspecified atom stereocenters. The highest BCUT2D eigenvalue weighted by Crippen LogP contribution is 2.11. The van der Waals surface area contributed by atoms with Gasteiger partial charge in [0, 0.05) is 27.0 Å². The smallest absolute Gasteiger partial charge is 0.339 e. The lowest BCUT2D eigenvalue weighted by atomic mass is 10.2. The maximum Gasteiger partial charge on any atom is 0.339 e. The standard InChI is InChI=1S/C11H16N2O4/c1-16-7-8(17-2)6-13-10-9(11(14)15)4-3-5-12-10/h3-5,8H,6-7H2,1-2H3,(H,12,13)(H,14,15). The van der Waals surface area contributed by atoms with E-state index in [9.17, 15) is 4.79 Å². The average Bonchev–Trinajstić information content (AvgIpc) is 2.34. The van der Waals surface area contributed by atoms with Gasteiger partial charge in [0.25, 0.3) is 0 Å². The summed E-state index contributed by atoms with van der Waals surface area (Å²) in [6, 6.07) is 3.08. The van der Waals surface area contributed by atoms with Crippen LogP contribution in [0.1, 0.15) is 10.4 Å². The number of pyridine rings is 1. The Kier molecular flexibility index (Phi) is 5.38. The van der Waals surface area contributed by atoms with Gasteiger partial charge in [-0.3, -0.25) is 0 Å². The molecule has 0 aliphatic carbocycles. The number of carboxylic acid groups (broad SMARTS) is 1. The summed E-state index contributed by atoms with van der Waals surface area (Å²) in [5, 5.41) is 11.9. The summed E-state index contributed by atoms with van der Waals surface area (Å²) in [7, 11) is 3.15. The first-order valence-electron chi connectivity index (χ1n) is 5.13. The number of ether oxygens (including phenoxy) is 2. The molecule has 1 atom stereocenters. The lowest BCUT2D eigenvalue weighted by Gasteiger charge is -2.16. The van der Waals surface area contributed by atoms with E-state index in [1.165, 1.54) is 12.3 Å². The second-order valence-electron chi connectivity index (χ2n) is 3.40. The first-order valence-corrected chi connectivity index (χ1v) is 5.13. The SMILES string of the molecule is COCC(CNc1ncccc1C(=O)O)OC. The van der Waals surface area contributed by atoms with Gasteiger partial charge in [-0.05, 0) is 12.1 Å². The predicted octanol–water partition coefficient (Wildman–Crippen LogP) is 0.853. The summed E-state index contributed by atoms with van der Waals surface area (Å²) < 4.78 is 10.1. The van der Waals surface area contributed by atoms with Crippen LogP contribution in [0.15, 0.2) is 18.3 Å². The Morgan fingerprint density at radius 3 is 2.94 bits per heavy atom. The van der Waals surface area contributed by atoms with Crippen molar-refractivity contribution in [3.63, 3.8) is 0 Å². The highest BCUT2D eigenvalue weighted by Gasteiger charge is 2.12. The van der Waals surface area contributed by atoms with Crippen LogP contribution in [0.25, 0.3) is 0 Å². The number of aromatic nitrogens is 1. The van der Waals surface area contributed by atoms with Crippen LogP contribution in [-0.2, 0) is 9.47 Å². The van der Waals surface area contributed by atoms with E-state index in [1.807, 2.05) is 0 Å². The molecule has 1 rings (SSSR count). The highest BCUT2D eigenvalue weighted by molar-refractivity contribution is 5.92. The number of methoxy groups -OCH3 is 2. The summed E-state index contributed by atoms with van der Waals surface area (Å²) in [6.45, 7) is 0.861. The fourth-order valence-corrected chi connectivity index (χ4v) is 1.33. The molecule has 0 amide bonds. The Hall–Kier alpha value is -1.66. The first kappa shape index (κ1) is 13.4. The second-order valence-corrected chi connectivity index (χ2v) is 3.40. The molecule has 17 heavy (non-hydrogen) atoms. The quantitative estimate of drug-likeness (QED) is 0.735. The van der Waals surface area contributed by atoms with Crippen molar-refractivity contribution in [3.05, 3.63) is 23.9 Å². The molecule has 0 saturated carbocycles. The number of aromatic carboxylic acids is 1. The molecule has 2 N–H and O–H groups in total. The van der Waals surface area contributed by atoms with E-state index in [0.717, 1.165) is 0 Å². The molecule has 1 aromatic rings. The van der Waals surface area contributed by atoms with Gasteiger partial charge < -0.3 is 19.9 Å². The van der Waals surface area contributed by atoms with E-state index >= 15 is 0 Å². The molecule has 0 spiro atoms. The summed E-state index contributed by atoms with van der Waals surface area (Å²) in [6.07, 6.45) is 1.39. The van der Waals surface area contributed by atoms with Crippen LogP contribution >= 0.6 is 0 Å². The molecule has 0 aromatic carbocycles. The Bertz CT molecular complexity index is 370. The van der Waals surface area contributed by atoms with Crippen molar-refractivity contribution in [2.24, 2.45) is 0 Å². The van der Waals surface area contributed by atoms with Gasteiger partial charge in [0.1, 0.15) is 11.4 Å². The normalized spacial score (nSPS) is 12.1. The van der Waals surface area contributed by atoms with Gasteiger partial charge in [0.05, 0.1) is 12.7 Å². The van der Waals surface area contributed by atoms with E-state index in [2.05, 4.69) is 10.3 Å². The predicted molar refractivity (Wildman–Crippen MR) is 62.4 cm³/mol. The van der Waals surface area contributed by atoms with Crippen LogP contribution < -0.4 is 5.32 Å². The van der Waals surface area contributed by atoms with Gasteiger partial charge in [-0.1, -0.05) is 0 Å². The van der Waals surface area contributed by atoms with Crippen molar-refractivity contribution >= 4 is 11.8 Å². The Morgan fingerprint density at radius 1 is 1.59 bits per heavy atom. The van der Waals surface area contributed by atoms with E-state index in [-0.39, 0.29) is 11.7 Å². The summed E-state index contributed by atoms with van der Waals surface area (Å²) in [4.78, 5) is 14.9. The molecule has 0 aliphatic rings. The van der Waals surface area contributed by atoms with Gasteiger partial charge in [-0.25, -0.2) is 9.78 Å². The minimum absolute atomic E-state index is 0.139. The zero-order valence-corrected chi connectivity index (χ0v) is 9.84. The van der Waals surface area contributed by atoms with Crippen LogP contribution in [0, 0.1) is 0 Å². The molecule has 6 nitrogen and oxygen atoms in total. The third-order valence-corrected chi connectivity index (χ3v) is 2.22. The van der Waals surface area contributed by atoms with Gasteiger partial charge in [0.2, 0.25) is 0 Å². The fraction of sp³-hybridized carbons (Fsp3) is 0.455. The Morgan fingerprint density at radius 2 is 2.35 bits per heavy atom. The van der Waals surface area contributed by atoms with Crippen molar-refractivity contribution < 1.29 is 19.4 Å². The van der Waals surface area contributed by atoms with Crippen LogP contribution in [0.4, 0.5) is 5.82 Å². The molecular formula is C11H16N2O4. The van der Waals surface area contributed by atoms with Gasteiger partial charge in [-0.15, -0.1) is 0 Å². The van der Waals surface area contributed by atoms with Gasteiger partial charge >= 0.3 is 5.97 Å². The number of carboxylic acids is 1. The van der Waals surface area contributed by atoms with Crippen LogP contribution in [0.3, 0.4) is 0 Å². The number of nitrogens with one attached hydrogen (secondary N) is 1. The fourth-order valence-electron chi connectivity index (χ4n) is 1.33.